The molecule has 2 atom stereocenters. The van der Waals surface area contributed by atoms with E-state index in [4.69, 9.17) is 0 Å². The number of carbonyl (C=O) groups is 1. The van der Waals surface area contributed by atoms with Crippen molar-refractivity contribution in [3.8, 4) is 0 Å². The van der Waals surface area contributed by atoms with Crippen molar-refractivity contribution in [3.05, 3.63) is 60.2 Å². The molecule has 3 rings (SSSR count). The summed E-state index contributed by atoms with van der Waals surface area (Å²) in [5, 5.41) is 0. The van der Waals surface area contributed by atoms with E-state index < -0.39 is 0 Å². The van der Waals surface area contributed by atoms with Crippen LogP contribution in [-0.2, 0) is 4.79 Å². The van der Waals surface area contributed by atoms with Gasteiger partial charge in [-0.15, -0.1) is 11.8 Å². The lowest BCUT2D eigenvalue weighted by molar-refractivity contribution is -0.129. The Balaban J connectivity index is 1.71. The van der Waals surface area contributed by atoms with Crippen LogP contribution in [-0.4, -0.2) is 28.1 Å². The monoisotopic (exact) mass is 330 g/mol. The van der Waals surface area contributed by atoms with Gasteiger partial charge in [-0.1, -0.05) is 19.1 Å². The van der Waals surface area contributed by atoms with Crippen LogP contribution in [0.2, 0.25) is 0 Å². The maximum atomic E-state index is 13.5. The molecule has 1 aliphatic heterocycles. The average molecular weight is 330 g/mol. The van der Waals surface area contributed by atoms with Crippen molar-refractivity contribution < 1.29 is 9.18 Å². The van der Waals surface area contributed by atoms with E-state index in [2.05, 4.69) is 11.9 Å². The molecule has 2 heterocycles. The molecule has 120 valence electrons. The van der Waals surface area contributed by atoms with Crippen molar-refractivity contribution in [2.45, 2.75) is 24.3 Å². The predicted octanol–water partition coefficient (Wildman–Crippen LogP) is 3.92. The molecule has 0 aliphatic carbocycles. The summed E-state index contributed by atoms with van der Waals surface area (Å²) in [5.41, 5.74) is 0.886. The summed E-state index contributed by atoms with van der Waals surface area (Å²) >= 11 is 1.51. The van der Waals surface area contributed by atoms with Crippen molar-refractivity contribution >= 4 is 17.7 Å². The molecule has 0 saturated carbocycles. The summed E-state index contributed by atoms with van der Waals surface area (Å²) in [7, 11) is 0. The van der Waals surface area contributed by atoms with Crippen LogP contribution in [0.25, 0.3) is 0 Å². The number of pyridine rings is 1. The van der Waals surface area contributed by atoms with Crippen LogP contribution in [0.3, 0.4) is 0 Å². The zero-order chi connectivity index (χ0) is 16.2. The molecular formula is C18H19FN2OS. The van der Waals surface area contributed by atoms with Gasteiger partial charge >= 0.3 is 0 Å². The van der Waals surface area contributed by atoms with Gasteiger partial charge in [-0.25, -0.2) is 4.39 Å². The zero-order valence-electron chi connectivity index (χ0n) is 13.0. The van der Waals surface area contributed by atoms with Gasteiger partial charge in [0.05, 0.1) is 11.8 Å². The van der Waals surface area contributed by atoms with Crippen LogP contribution < -0.4 is 0 Å². The van der Waals surface area contributed by atoms with Crippen molar-refractivity contribution in [3.63, 3.8) is 0 Å². The predicted molar refractivity (Wildman–Crippen MR) is 89.6 cm³/mol. The fourth-order valence-electron chi connectivity index (χ4n) is 3.09. The number of amides is 1. The normalized spacial score (nSPS) is 20.7. The smallest absolute Gasteiger partial charge is 0.233 e. The average Bonchev–Trinajstić information content (AvgIpc) is 2.95. The van der Waals surface area contributed by atoms with E-state index in [-0.39, 0.29) is 17.8 Å². The second-order valence-corrected chi connectivity index (χ2v) is 6.87. The molecule has 1 aliphatic rings. The second-order valence-electron chi connectivity index (χ2n) is 5.82. The number of hydrogen-bond acceptors (Lipinski definition) is 3. The third-order valence-corrected chi connectivity index (χ3v) is 5.22. The third kappa shape index (κ3) is 3.72. The molecule has 1 fully saturated rings. The highest BCUT2D eigenvalue weighted by Gasteiger charge is 2.35. The third-order valence-electron chi connectivity index (χ3n) is 4.22. The van der Waals surface area contributed by atoms with E-state index in [1.165, 1.54) is 17.8 Å². The maximum Gasteiger partial charge on any atom is 0.233 e. The number of rotatable bonds is 4. The lowest BCUT2D eigenvalue weighted by Crippen LogP contribution is -2.33. The summed E-state index contributed by atoms with van der Waals surface area (Å²) in [4.78, 5) is 19.5. The van der Waals surface area contributed by atoms with Crippen LogP contribution in [0.15, 0.2) is 53.7 Å². The second kappa shape index (κ2) is 7.13. The number of halogens is 1. The summed E-state index contributed by atoms with van der Waals surface area (Å²) < 4.78 is 13.5. The number of aromatic nitrogens is 1. The summed E-state index contributed by atoms with van der Waals surface area (Å²) in [6.45, 7) is 2.86. The molecule has 1 saturated heterocycles. The minimum absolute atomic E-state index is 0.0313. The molecule has 0 spiro atoms. The van der Waals surface area contributed by atoms with E-state index in [1.807, 2.05) is 23.1 Å². The molecule has 2 aromatic rings. The quantitative estimate of drug-likeness (QED) is 0.797. The van der Waals surface area contributed by atoms with Crippen molar-refractivity contribution in [2.24, 2.45) is 5.92 Å². The van der Waals surface area contributed by atoms with Gasteiger partial charge in [-0.3, -0.25) is 9.78 Å². The first-order valence-corrected chi connectivity index (χ1v) is 8.71. The van der Waals surface area contributed by atoms with Gasteiger partial charge in [0, 0.05) is 23.8 Å². The fourth-order valence-corrected chi connectivity index (χ4v) is 3.86. The lowest BCUT2D eigenvalue weighted by atomic mass is 9.95. The molecule has 0 radical (unpaired) electrons. The summed E-state index contributed by atoms with van der Waals surface area (Å²) in [5.74, 6) is 0.583. The number of thioether (sulfide) groups is 1. The van der Waals surface area contributed by atoms with Crippen molar-refractivity contribution in [1.82, 2.24) is 9.88 Å². The zero-order valence-corrected chi connectivity index (χ0v) is 13.8. The molecule has 1 aromatic carbocycles. The summed E-state index contributed by atoms with van der Waals surface area (Å²) in [6, 6.07) is 10.4. The molecule has 1 aromatic heterocycles. The van der Waals surface area contributed by atoms with Gasteiger partial charge in [0.15, 0.2) is 0 Å². The van der Waals surface area contributed by atoms with Gasteiger partial charge < -0.3 is 4.90 Å². The standard InChI is InChI=1S/C18H19FN2OS/c1-13-7-10-21(18(13)14-3-2-4-15(19)11-14)17(22)12-23-16-5-8-20-9-6-16/h2-6,8-9,11,13,18H,7,10,12H2,1H3/t13-,18+/m0/s1. The molecule has 5 heteroatoms. The first-order valence-electron chi connectivity index (χ1n) is 7.73. The van der Waals surface area contributed by atoms with Gasteiger partial charge in [-0.2, -0.15) is 0 Å². The van der Waals surface area contributed by atoms with E-state index in [1.54, 1.807) is 24.5 Å². The van der Waals surface area contributed by atoms with Crippen molar-refractivity contribution in [2.75, 3.05) is 12.3 Å². The number of likely N-dealkylation sites (tertiary alicyclic amines) is 1. The molecule has 0 bridgehead atoms. The Hall–Kier alpha value is -1.88. The highest BCUT2D eigenvalue weighted by atomic mass is 32.2. The summed E-state index contributed by atoms with van der Waals surface area (Å²) in [6.07, 6.45) is 4.40. The minimum atomic E-state index is -0.250. The fraction of sp³-hybridized carbons (Fsp3) is 0.333. The maximum absolute atomic E-state index is 13.5. The van der Waals surface area contributed by atoms with E-state index in [0.717, 1.165) is 23.4 Å². The topological polar surface area (TPSA) is 33.2 Å². The van der Waals surface area contributed by atoms with Crippen LogP contribution in [0.4, 0.5) is 4.39 Å². The molecule has 0 unspecified atom stereocenters. The highest BCUT2D eigenvalue weighted by Crippen LogP contribution is 2.37. The first kappa shape index (κ1) is 16.0. The molecule has 23 heavy (non-hydrogen) atoms. The molecule has 1 amide bonds. The van der Waals surface area contributed by atoms with Crippen LogP contribution in [0.5, 0.6) is 0 Å². The van der Waals surface area contributed by atoms with Crippen LogP contribution >= 0.6 is 11.8 Å². The SMILES string of the molecule is C[C@H]1CCN(C(=O)CSc2ccncc2)[C@H]1c1cccc(F)c1. The van der Waals surface area contributed by atoms with E-state index in [0.29, 0.717) is 11.7 Å². The highest BCUT2D eigenvalue weighted by molar-refractivity contribution is 8.00. The largest absolute Gasteiger partial charge is 0.335 e. The molecular weight excluding hydrogens is 311 g/mol. The Labute approximate surface area is 139 Å². The number of benzene rings is 1. The first-order chi connectivity index (χ1) is 11.1. The number of hydrogen-bond donors (Lipinski definition) is 0. The Morgan fingerprint density at radius 2 is 2.13 bits per heavy atom. The Morgan fingerprint density at radius 3 is 2.87 bits per heavy atom. The Bertz CT molecular complexity index is 680. The van der Waals surface area contributed by atoms with Gasteiger partial charge in [0.2, 0.25) is 5.91 Å². The van der Waals surface area contributed by atoms with E-state index >= 15 is 0 Å². The molecule has 3 nitrogen and oxygen atoms in total. The Morgan fingerprint density at radius 1 is 1.35 bits per heavy atom. The van der Waals surface area contributed by atoms with Gasteiger partial charge in [-0.05, 0) is 42.2 Å². The van der Waals surface area contributed by atoms with Gasteiger partial charge in [0.25, 0.3) is 0 Å². The Kier molecular flexibility index (Phi) is 4.96. The van der Waals surface area contributed by atoms with Crippen LogP contribution in [0, 0.1) is 11.7 Å². The van der Waals surface area contributed by atoms with Gasteiger partial charge in [0.1, 0.15) is 5.82 Å². The van der Waals surface area contributed by atoms with Crippen LogP contribution in [0.1, 0.15) is 24.9 Å². The van der Waals surface area contributed by atoms with Crippen molar-refractivity contribution in [1.29, 1.82) is 0 Å². The number of nitrogens with zero attached hydrogens (tertiary/aromatic N) is 2. The van der Waals surface area contributed by atoms with E-state index in [9.17, 15) is 9.18 Å². The molecule has 0 N–H and O–H groups in total. The lowest BCUT2D eigenvalue weighted by Gasteiger charge is -2.27. The number of carbonyl (C=O) groups excluding carboxylic acids is 1. The minimum Gasteiger partial charge on any atom is -0.335 e.